The number of halogens is 8. The first-order valence-corrected chi connectivity index (χ1v) is 13.1. The number of carbonyl (C=O) groups excluding carboxylic acids is 1. The topological polar surface area (TPSA) is 97.7 Å². The van der Waals surface area contributed by atoms with Crippen molar-refractivity contribution in [1.82, 2.24) is 15.1 Å². The van der Waals surface area contributed by atoms with E-state index < -0.39 is 96.3 Å². The van der Waals surface area contributed by atoms with Crippen molar-refractivity contribution in [3.05, 3.63) is 59.2 Å². The highest BCUT2D eigenvalue weighted by atomic mass is 19.4. The second kappa shape index (κ2) is 11.0. The highest BCUT2D eigenvalue weighted by Gasteiger charge is 2.46. The van der Waals surface area contributed by atoms with E-state index in [0.717, 1.165) is 23.1 Å². The fraction of sp³-hybridized carbons (Fsp3) is 0.444. The van der Waals surface area contributed by atoms with Crippen LogP contribution in [0.5, 0.6) is 5.75 Å². The molecule has 2 aliphatic heterocycles. The summed E-state index contributed by atoms with van der Waals surface area (Å²) in [6, 6.07) is 4.05. The molecule has 0 radical (unpaired) electrons. The van der Waals surface area contributed by atoms with Crippen molar-refractivity contribution >= 4 is 11.6 Å². The van der Waals surface area contributed by atoms with Gasteiger partial charge < -0.3 is 19.8 Å². The van der Waals surface area contributed by atoms with E-state index >= 15 is 13.2 Å². The largest absolute Gasteiger partial charge is 0.573 e. The molecule has 43 heavy (non-hydrogen) atoms. The number of amides is 1. The van der Waals surface area contributed by atoms with Crippen LogP contribution in [0.25, 0.3) is 11.5 Å². The third kappa shape index (κ3) is 6.59. The first-order chi connectivity index (χ1) is 20.0. The van der Waals surface area contributed by atoms with Gasteiger partial charge in [0.25, 0.3) is 17.7 Å². The molecule has 1 fully saturated rings. The molecule has 8 nitrogen and oxygen atoms in total. The molecular weight excluding hydrogens is 594 g/mol. The molecule has 232 valence electrons. The summed E-state index contributed by atoms with van der Waals surface area (Å²) in [7, 11) is 0. The van der Waals surface area contributed by atoms with E-state index in [4.69, 9.17) is 10.2 Å². The molecule has 1 unspecified atom stereocenters. The maximum absolute atomic E-state index is 15.3. The fourth-order valence-electron chi connectivity index (χ4n) is 5.28. The molecule has 0 bridgehead atoms. The Morgan fingerprint density at radius 2 is 1.79 bits per heavy atom. The minimum Gasteiger partial charge on any atom is -0.420 e. The number of carbonyl (C=O) groups is 1. The van der Waals surface area contributed by atoms with Gasteiger partial charge in [0, 0.05) is 24.9 Å². The lowest BCUT2D eigenvalue weighted by atomic mass is 9.95. The molecule has 2 aromatic carbocycles. The summed E-state index contributed by atoms with van der Waals surface area (Å²) in [6.45, 7) is 1.36. The molecule has 0 saturated carbocycles. The molecule has 5 rings (SSSR count). The Morgan fingerprint density at radius 1 is 1.09 bits per heavy atom. The third-order valence-electron chi connectivity index (χ3n) is 7.27. The van der Waals surface area contributed by atoms with Crippen LogP contribution in [0.15, 0.2) is 40.8 Å². The lowest BCUT2D eigenvalue weighted by Crippen LogP contribution is -2.46. The number of fused-ring (bicyclic) bond motifs is 1. The summed E-state index contributed by atoms with van der Waals surface area (Å²) < 4.78 is 121. The fourth-order valence-corrected chi connectivity index (χ4v) is 5.28. The number of anilines is 1. The number of likely N-dealkylation sites (tertiary alicyclic amines) is 1. The Labute approximate surface area is 239 Å². The van der Waals surface area contributed by atoms with Crippen LogP contribution in [0, 0.1) is 5.82 Å². The average molecular weight is 620 g/mol. The van der Waals surface area contributed by atoms with Crippen molar-refractivity contribution in [3.63, 3.8) is 0 Å². The van der Waals surface area contributed by atoms with Gasteiger partial charge in [0.15, 0.2) is 0 Å². The van der Waals surface area contributed by atoms with Crippen LogP contribution in [-0.2, 0) is 17.3 Å². The number of ether oxygens (including phenoxy) is 1. The lowest BCUT2D eigenvalue weighted by molar-refractivity contribution is -0.274. The van der Waals surface area contributed by atoms with Gasteiger partial charge in [-0.25, -0.2) is 22.0 Å². The van der Waals surface area contributed by atoms with Crippen LogP contribution in [0.4, 0.5) is 40.8 Å². The van der Waals surface area contributed by atoms with Crippen molar-refractivity contribution in [2.75, 3.05) is 24.5 Å². The highest BCUT2D eigenvalue weighted by molar-refractivity contribution is 5.99. The second-order valence-corrected chi connectivity index (χ2v) is 10.5. The minimum atomic E-state index is -4.94. The van der Waals surface area contributed by atoms with E-state index in [-0.39, 0.29) is 18.0 Å². The van der Waals surface area contributed by atoms with Gasteiger partial charge in [-0.05, 0) is 36.4 Å². The molecule has 0 spiro atoms. The molecular formula is C27H25F8N5O3. The lowest BCUT2D eigenvalue weighted by Gasteiger charge is -2.35. The van der Waals surface area contributed by atoms with E-state index in [1.807, 2.05) is 0 Å². The first-order valence-electron chi connectivity index (χ1n) is 13.1. The second-order valence-electron chi connectivity index (χ2n) is 10.5. The third-order valence-corrected chi connectivity index (χ3v) is 7.27. The van der Waals surface area contributed by atoms with Crippen LogP contribution in [0.3, 0.4) is 0 Å². The number of benzene rings is 2. The molecule has 3 heterocycles. The highest BCUT2D eigenvalue weighted by Crippen LogP contribution is 2.45. The molecule has 2 atom stereocenters. The van der Waals surface area contributed by atoms with Crippen LogP contribution in [0.1, 0.15) is 42.7 Å². The average Bonchev–Trinajstić information content (AvgIpc) is 3.38. The summed E-state index contributed by atoms with van der Waals surface area (Å²) in [4.78, 5) is 15.6. The number of nitrogens with zero attached hydrogens (tertiary/aromatic N) is 4. The smallest absolute Gasteiger partial charge is 0.420 e. The van der Waals surface area contributed by atoms with Crippen LogP contribution >= 0.6 is 0 Å². The van der Waals surface area contributed by atoms with E-state index in [0.29, 0.717) is 12.6 Å². The predicted molar refractivity (Wildman–Crippen MR) is 135 cm³/mol. The summed E-state index contributed by atoms with van der Waals surface area (Å²) in [6.07, 6.45) is -6.67. The van der Waals surface area contributed by atoms with Crippen molar-refractivity contribution in [2.24, 2.45) is 5.73 Å². The molecule has 2 N–H and O–H groups in total. The summed E-state index contributed by atoms with van der Waals surface area (Å²) in [5, 5.41) is 7.58. The van der Waals surface area contributed by atoms with Crippen LogP contribution in [0.2, 0.25) is 0 Å². The van der Waals surface area contributed by atoms with Gasteiger partial charge in [0.05, 0.1) is 36.3 Å². The SMILES string of the molecule is CCN1CC(c2nnc(-c3cc4c(cc3F)C(F)(F)C[C@@H](N)C(=O)N4Cc3ccc(OC(F)(F)F)cc3)o2)CC(F)(F)C1. The molecule has 0 aliphatic carbocycles. The maximum atomic E-state index is 15.3. The van der Waals surface area contributed by atoms with Gasteiger partial charge in [-0.2, -0.15) is 0 Å². The quantitative estimate of drug-likeness (QED) is 0.360. The van der Waals surface area contributed by atoms with Gasteiger partial charge in [0.2, 0.25) is 11.8 Å². The standard InChI is InChI=1S/C27H25F8N5O3/c1-2-39-12-15(9-25(29,30)13-39)22-37-38-23(42-22)17-7-21-18(8-19(17)28)26(31,32)10-20(36)24(41)40(21)11-14-3-5-16(6-4-14)43-27(33,34)35/h3-8,15,20H,2,9-13,36H2,1H3/t15?,20-/m1/s1. The van der Waals surface area contributed by atoms with Crippen LogP contribution in [-0.4, -0.2) is 59.0 Å². The monoisotopic (exact) mass is 619 g/mol. The van der Waals surface area contributed by atoms with E-state index in [9.17, 15) is 26.7 Å². The minimum absolute atomic E-state index is 0.180. The first kappa shape index (κ1) is 30.7. The zero-order valence-corrected chi connectivity index (χ0v) is 22.5. The summed E-state index contributed by atoms with van der Waals surface area (Å²) >= 11 is 0. The number of hydrogen-bond donors (Lipinski definition) is 1. The molecule has 2 aliphatic rings. The summed E-state index contributed by atoms with van der Waals surface area (Å²) in [5.74, 6) is -11.0. The zero-order valence-electron chi connectivity index (χ0n) is 22.5. The number of alkyl halides is 7. The normalized spacial score (nSPS) is 22.3. The Morgan fingerprint density at radius 3 is 2.44 bits per heavy atom. The Hall–Kier alpha value is -3.79. The van der Waals surface area contributed by atoms with Gasteiger partial charge in [0.1, 0.15) is 11.6 Å². The number of piperidine rings is 1. The summed E-state index contributed by atoms with van der Waals surface area (Å²) in [5.41, 5.74) is 4.21. The van der Waals surface area contributed by atoms with Crippen molar-refractivity contribution in [2.45, 2.75) is 56.5 Å². The number of rotatable bonds is 6. The number of aromatic nitrogens is 2. The zero-order chi connectivity index (χ0) is 31.3. The Balaban J connectivity index is 1.52. The van der Waals surface area contributed by atoms with Crippen molar-refractivity contribution in [3.8, 4) is 17.2 Å². The van der Waals surface area contributed by atoms with Crippen molar-refractivity contribution in [1.29, 1.82) is 0 Å². The molecule has 1 aromatic heterocycles. The van der Waals surface area contributed by atoms with Gasteiger partial charge in [-0.1, -0.05) is 19.1 Å². The molecule has 1 saturated heterocycles. The molecule has 16 heteroatoms. The number of hydrogen-bond acceptors (Lipinski definition) is 7. The van der Waals surface area contributed by atoms with Gasteiger partial charge in [-0.15, -0.1) is 23.4 Å². The molecule has 1 amide bonds. The Kier molecular flexibility index (Phi) is 7.88. The van der Waals surface area contributed by atoms with Gasteiger partial charge in [-0.3, -0.25) is 9.69 Å². The molecule has 3 aromatic rings. The Bertz CT molecular complexity index is 1490. The van der Waals surface area contributed by atoms with Crippen molar-refractivity contribution < 1.29 is 49.1 Å². The van der Waals surface area contributed by atoms with E-state index in [1.54, 1.807) is 6.92 Å². The number of nitrogens with two attached hydrogens (primary N) is 1. The van der Waals surface area contributed by atoms with Crippen LogP contribution < -0.4 is 15.4 Å². The maximum Gasteiger partial charge on any atom is 0.573 e. The number of likely N-dealkylation sites (N-methyl/N-ethyl adjacent to an activating group) is 1. The van der Waals surface area contributed by atoms with E-state index in [1.165, 1.54) is 17.0 Å². The predicted octanol–water partition coefficient (Wildman–Crippen LogP) is 5.57. The van der Waals surface area contributed by atoms with Gasteiger partial charge >= 0.3 is 6.36 Å². The van der Waals surface area contributed by atoms with E-state index in [2.05, 4.69) is 14.9 Å².